The van der Waals surface area contributed by atoms with Crippen LogP contribution in [0.2, 0.25) is 0 Å². The summed E-state index contributed by atoms with van der Waals surface area (Å²) in [6.07, 6.45) is 5.48. The van der Waals surface area contributed by atoms with E-state index in [-0.39, 0.29) is 5.56 Å². The Kier molecular flexibility index (Phi) is 3.24. The molecule has 1 aliphatic carbocycles. The number of aryl methyl sites for hydroxylation is 1. The van der Waals surface area contributed by atoms with Gasteiger partial charge in [0.15, 0.2) is 17.0 Å². The number of fused-ring (bicyclic) bond motifs is 1. The van der Waals surface area contributed by atoms with E-state index in [9.17, 15) is 4.79 Å². The zero-order chi connectivity index (χ0) is 17.7. The van der Waals surface area contributed by atoms with E-state index in [2.05, 4.69) is 20.1 Å². The van der Waals surface area contributed by atoms with Crippen molar-refractivity contribution in [3.8, 4) is 5.69 Å². The van der Waals surface area contributed by atoms with Crippen molar-refractivity contribution in [3.63, 3.8) is 0 Å². The average molecular weight is 347 g/mol. The number of benzene rings is 1. The van der Waals surface area contributed by atoms with E-state index >= 15 is 0 Å². The maximum atomic E-state index is 12.8. The number of rotatable bonds is 4. The van der Waals surface area contributed by atoms with Crippen LogP contribution in [-0.2, 0) is 13.6 Å². The first-order chi connectivity index (χ1) is 12.7. The van der Waals surface area contributed by atoms with Gasteiger partial charge in [0.25, 0.3) is 5.56 Å². The number of hydrogen-bond acceptors (Lipinski definition) is 5. The third kappa shape index (κ3) is 2.42. The Balaban J connectivity index is 1.54. The molecule has 0 N–H and O–H groups in total. The summed E-state index contributed by atoms with van der Waals surface area (Å²) in [4.78, 5) is 26.2. The minimum Gasteiger partial charge on any atom is -0.290 e. The lowest BCUT2D eigenvalue weighted by Gasteiger charge is -2.06. The topological polar surface area (TPSA) is 83.4 Å². The van der Waals surface area contributed by atoms with Crippen molar-refractivity contribution in [1.29, 1.82) is 0 Å². The maximum absolute atomic E-state index is 12.8. The van der Waals surface area contributed by atoms with Crippen LogP contribution in [0.1, 0.15) is 30.4 Å². The Bertz CT molecular complexity index is 1150. The van der Waals surface area contributed by atoms with E-state index < -0.39 is 0 Å². The second-order valence-electron chi connectivity index (χ2n) is 6.58. The summed E-state index contributed by atoms with van der Waals surface area (Å²) in [6, 6.07) is 9.72. The first-order valence-corrected chi connectivity index (χ1v) is 8.58. The fourth-order valence-electron chi connectivity index (χ4n) is 3.06. The zero-order valence-corrected chi connectivity index (χ0v) is 14.3. The minimum atomic E-state index is -0.180. The van der Waals surface area contributed by atoms with Gasteiger partial charge in [0.05, 0.1) is 6.54 Å². The number of imidazole rings is 1. The molecule has 0 aliphatic heterocycles. The quantitative estimate of drug-likeness (QED) is 0.560. The van der Waals surface area contributed by atoms with Crippen molar-refractivity contribution in [3.05, 3.63) is 65.0 Å². The van der Waals surface area contributed by atoms with Crippen molar-refractivity contribution < 1.29 is 0 Å². The van der Waals surface area contributed by atoms with Crippen LogP contribution < -0.4 is 5.56 Å². The molecule has 130 valence electrons. The molecule has 1 saturated carbocycles. The molecule has 0 radical (unpaired) electrons. The van der Waals surface area contributed by atoms with E-state index in [4.69, 9.17) is 0 Å². The molecule has 8 nitrogen and oxygen atoms in total. The molecular formula is C18H17N7O. The Hall–Kier alpha value is -3.29. The van der Waals surface area contributed by atoms with Crippen molar-refractivity contribution in [1.82, 2.24) is 33.9 Å². The van der Waals surface area contributed by atoms with Crippen LogP contribution >= 0.6 is 0 Å². The smallest absolute Gasteiger partial charge is 0.281 e. The second-order valence-corrected chi connectivity index (χ2v) is 6.58. The summed E-state index contributed by atoms with van der Waals surface area (Å²) in [7, 11) is 1.86. The van der Waals surface area contributed by atoms with Crippen molar-refractivity contribution in [2.75, 3.05) is 0 Å². The van der Waals surface area contributed by atoms with Gasteiger partial charge in [-0.3, -0.25) is 18.6 Å². The summed E-state index contributed by atoms with van der Waals surface area (Å²) < 4.78 is 5.09. The van der Waals surface area contributed by atoms with E-state index in [0.717, 1.165) is 30.2 Å². The van der Waals surface area contributed by atoms with E-state index in [1.807, 2.05) is 41.9 Å². The molecule has 8 heteroatoms. The van der Waals surface area contributed by atoms with Gasteiger partial charge in [0.2, 0.25) is 0 Å². The van der Waals surface area contributed by atoms with Crippen LogP contribution in [0.5, 0.6) is 0 Å². The molecule has 0 spiro atoms. The van der Waals surface area contributed by atoms with Gasteiger partial charge in [0, 0.05) is 18.7 Å². The van der Waals surface area contributed by atoms with Crippen LogP contribution in [0.25, 0.3) is 16.9 Å². The molecule has 0 bridgehead atoms. The van der Waals surface area contributed by atoms with Crippen LogP contribution in [0.15, 0.2) is 47.8 Å². The van der Waals surface area contributed by atoms with Gasteiger partial charge < -0.3 is 0 Å². The molecule has 1 aromatic carbocycles. The summed E-state index contributed by atoms with van der Waals surface area (Å²) in [5.74, 6) is 2.10. The van der Waals surface area contributed by atoms with Gasteiger partial charge in [-0.1, -0.05) is 18.2 Å². The lowest BCUT2D eigenvalue weighted by atomic mass is 10.3. The normalized spacial score (nSPS) is 14.2. The van der Waals surface area contributed by atoms with Gasteiger partial charge in [0.1, 0.15) is 18.5 Å². The third-order valence-electron chi connectivity index (χ3n) is 4.68. The highest BCUT2D eigenvalue weighted by molar-refractivity contribution is 5.71. The lowest BCUT2D eigenvalue weighted by Crippen LogP contribution is -2.23. The first kappa shape index (κ1) is 15.0. The average Bonchev–Trinajstić information content (AvgIpc) is 3.32. The summed E-state index contributed by atoms with van der Waals surface area (Å²) >= 11 is 0. The van der Waals surface area contributed by atoms with Crippen LogP contribution in [0, 0.1) is 0 Å². The van der Waals surface area contributed by atoms with Gasteiger partial charge in [-0.05, 0) is 25.0 Å². The van der Waals surface area contributed by atoms with E-state index in [1.165, 1.54) is 4.57 Å². The van der Waals surface area contributed by atoms with Gasteiger partial charge in [-0.2, -0.15) is 5.10 Å². The largest absolute Gasteiger partial charge is 0.290 e. The maximum Gasteiger partial charge on any atom is 0.281 e. The van der Waals surface area contributed by atoms with Crippen molar-refractivity contribution >= 4 is 11.2 Å². The Morgan fingerprint density at radius 2 is 1.92 bits per heavy atom. The van der Waals surface area contributed by atoms with Gasteiger partial charge in [-0.25, -0.2) is 15.0 Å². The highest BCUT2D eigenvalue weighted by atomic mass is 16.1. The zero-order valence-electron chi connectivity index (χ0n) is 14.3. The molecular weight excluding hydrogens is 330 g/mol. The Labute approximate surface area is 148 Å². The Morgan fingerprint density at radius 1 is 1.12 bits per heavy atom. The summed E-state index contributed by atoms with van der Waals surface area (Å²) in [5.41, 5.74) is 1.64. The lowest BCUT2D eigenvalue weighted by molar-refractivity contribution is 0.635. The SMILES string of the molecule is Cn1nc(C2CC2)nc1Cn1cnc2c(ncn2-c2ccccc2)c1=O. The fraction of sp³-hybridized carbons (Fsp3) is 0.278. The van der Waals surface area contributed by atoms with E-state index in [0.29, 0.717) is 23.6 Å². The number of aromatic nitrogens is 7. The van der Waals surface area contributed by atoms with Crippen LogP contribution in [0.4, 0.5) is 0 Å². The number of nitrogens with zero attached hydrogens (tertiary/aromatic N) is 7. The molecule has 0 saturated heterocycles. The highest BCUT2D eigenvalue weighted by Gasteiger charge is 2.28. The number of hydrogen-bond donors (Lipinski definition) is 0. The molecule has 0 unspecified atom stereocenters. The Morgan fingerprint density at radius 3 is 2.69 bits per heavy atom. The monoisotopic (exact) mass is 347 g/mol. The third-order valence-corrected chi connectivity index (χ3v) is 4.68. The summed E-state index contributed by atoms with van der Waals surface area (Å²) in [6.45, 7) is 0.330. The molecule has 0 amide bonds. The first-order valence-electron chi connectivity index (χ1n) is 8.58. The van der Waals surface area contributed by atoms with Crippen LogP contribution in [-0.4, -0.2) is 33.9 Å². The second kappa shape index (κ2) is 5.62. The highest BCUT2D eigenvalue weighted by Crippen LogP contribution is 2.38. The van der Waals surface area contributed by atoms with Crippen LogP contribution in [0.3, 0.4) is 0 Å². The minimum absolute atomic E-state index is 0.180. The van der Waals surface area contributed by atoms with Gasteiger partial charge in [-0.15, -0.1) is 0 Å². The molecule has 5 rings (SSSR count). The molecule has 4 aromatic rings. The fourth-order valence-corrected chi connectivity index (χ4v) is 3.06. The standard InChI is InChI=1S/C18H17N7O/c1-23-14(21-16(22-23)12-7-8-12)9-24-10-20-17-15(18(24)26)19-11-25(17)13-5-3-2-4-6-13/h2-6,10-12H,7-9H2,1H3. The molecule has 26 heavy (non-hydrogen) atoms. The van der Waals surface area contributed by atoms with Crippen molar-refractivity contribution in [2.45, 2.75) is 25.3 Å². The predicted octanol–water partition coefficient (Wildman–Crippen LogP) is 1.64. The summed E-state index contributed by atoms with van der Waals surface area (Å²) in [5, 5.41) is 4.45. The molecule has 3 aromatic heterocycles. The molecule has 3 heterocycles. The number of para-hydroxylation sites is 1. The molecule has 1 aliphatic rings. The van der Waals surface area contributed by atoms with Crippen molar-refractivity contribution in [2.24, 2.45) is 7.05 Å². The molecule has 0 atom stereocenters. The molecule has 1 fully saturated rings. The van der Waals surface area contributed by atoms with Gasteiger partial charge >= 0.3 is 0 Å². The predicted molar refractivity (Wildman–Crippen MR) is 95.2 cm³/mol. The van der Waals surface area contributed by atoms with E-state index in [1.54, 1.807) is 17.3 Å².